The Bertz CT molecular complexity index is 369. The van der Waals surface area contributed by atoms with Gasteiger partial charge in [0.05, 0.1) is 31.5 Å². The molecule has 7 nitrogen and oxygen atoms in total. The molecule has 18 heavy (non-hydrogen) atoms. The highest BCUT2D eigenvalue weighted by Crippen LogP contribution is 2.31. The number of rotatable bonds is 7. The van der Waals surface area contributed by atoms with Crippen LogP contribution >= 0.6 is 0 Å². The largest absolute Gasteiger partial charge is 0.469 e. The lowest BCUT2D eigenvalue weighted by atomic mass is 10.1. The van der Waals surface area contributed by atoms with E-state index in [0.29, 0.717) is 19.3 Å². The molecule has 2 atom stereocenters. The fraction of sp³-hybridized carbons (Fsp3) is 0.900. The van der Waals surface area contributed by atoms with Crippen LogP contribution in [0.5, 0.6) is 0 Å². The molecule has 2 unspecified atom stereocenters. The summed E-state index contributed by atoms with van der Waals surface area (Å²) in [5.41, 5.74) is 0. The van der Waals surface area contributed by atoms with Gasteiger partial charge < -0.3 is 9.47 Å². The number of sulfonamides is 1. The molecule has 0 amide bonds. The molecule has 1 aliphatic rings. The van der Waals surface area contributed by atoms with Gasteiger partial charge in [0, 0.05) is 7.11 Å². The molecule has 1 saturated carbocycles. The summed E-state index contributed by atoms with van der Waals surface area (Å²) in [5, 5.41) is -0.785. The molecule has 1 aliphatic carbocycles. The van der Waals surface area contributed by atoms with Crippen LogP contribution in [0.1, 0.15) is 19.3 Å². The minimum absolute atomic E-state index is 0.116. The monoisotopic (exact) mass is 281 g/mol. The van der Waals surface area contributed by atoms with Crippen molar-refractivity contribution in [3.63, 3.8) is 0 Å². The molecule has 1 N–H and O–H groups in total. The van der Waals surface area contributed by atoms with Crippen LogP contribution in [0, 0.1) is 5.92 Å². The van der Waals surface area contributed by atoms with E-state index in [1.165, 1.54) is 14.2 Å². The number of carbonyl (C=O) groups is 1. The summed E-state index contributed by atoms with van der Waals surface area (Å²) in [7, 11) is -0.928. The maximum atomic E-state index is 11.9. The molecule has 0 heterocycles. The Kier molecular flexibility index (Phi) is 6.00. The molecular weight excluding hydrogens is 262 g/mol. The van der Waals surface area contributed by atoms with Crippen molar-refractivity contribution >= 4 is 16.0 Å². The van der Waals surface area contributed by atoms with Gasteiger partial charge in [-0.25, -0.2) is 8.42 Å². The molecule has 0 aromatic heterocycles. The van der Waals surface area contributed by atoms with Gasteiger partial charge in [-0.3, -0.25) is 9.63 Å². The molecule has 8 heteroatoms. The van der Waals surface area contributed by atoms with Gasteiger partial charge in [-0.15, -0.1) is 0 Å². The SMILES string of the molecule is COCCONS(=O)(=O)C1CCCC1C(=O)OC. The average molecular weight is 281 g/mol. The van der Waals surface area contributed by atoms with E-state index in [-0.39, 0.29) is 13.2 Å². The summed E-state index contributed by atoms with van der Waals surface area (Å²) >= 11 is 0. The second-order valence-electron chi connectivity index (χ2n) is 4.07. The molecule has 1 rings (SSSR count). The van der Waals surface area contributed by atoms with E-state index in [1.54, 1.807) is 0 Å². The second kappa shape index (κ2) is 7.03. The molecule has 0 aliphatic heterocycles. The Hall–Kier alpha value is -0.700. The number of esters is 1. The highest BCUT2D eigenvalue weighted by Gasteiger charge is 2.42. The van der Waals surface area contributed by atoms with Crippen LogP contribution < -0.4 is 4.89 Å². The zero-order valence-electron chi connectivity index (χ0n) is 10.5. The van der Waals surface area contributed by atoms with Crippen LogP contribution in [0.3, 0.4) is 0 Å². The summed E-state index contributed by atoms with van der Waals surface area (Å²) in [4.78, 5) is 18.3. The smallest absolute Gasteiger partial charge is 0.310 e. The van der Waals surface area contributed by atoms with Gasteiger partial charge in [0.15, 0.2) is 0 Å². The number of hydrogen-bond donors (Lipinski definition) is 1. The highest BCUT2D eigenvalue weighted by atomic mass is 32.2. The Morgan fingerprint density at radius 2 is 2.00 bits per heavy atom. The lowest BCUT2D eigenvalue weighted by molar-refractivity contribution is -0.145. The molecule has 0 aromatic rings. The van der Waals surface area contributed by atoms with Gasteiger partial charge in [0.1, 0.15) is 0 Å². The normalized spacial score (nSPS) is 24.1. The minimum Gasteiger partial charge on any atom is -0.469 e. The average Bonchev–Trinajstić information content (AvgIpc) is 2.83. The first-order chi connectivity index (χ1) is 8.53. The van der Waals surface area contributed by atoms with Crippen LogP contribution in [-0.2, 0) is 29.1 Å². The van der Waals surface area contributed by atoms with Gasteiger partial charge in [0.2, 0.25) is 10.0 Å². The van der Waals surface area contributed by atoms with Crippen molar-refractivity contribution in [2.45, 2.75) is 24.5 Å². The van der Waals surface area contributed by atoms with Crippen LogP contribution in [0.25, 0.3) is 0 Å². The second-order valence-corrected chi connectivity index (χ2v) is 5.93. The molecular formula is C10H19NO6S. The van der Waals surface area contributed by atoms with Crippen LogP contribution in [0.2, 0.25) is 0 Å². The lowest BCUT2D eigenvalue weighted by Crippen LogP contribution is -2.39. The molecule has 0 spiro atoms. The van der Waals surface area contributed by atoms with E-state index in [2.05, 4.69) is 4.74 Å². The minimum atomic E-state index is -3.67. The Morgan fingerprint density at radius 1 is 1.28 bits per heavy atom. The summed E-state index contributed by atoms with van der Waals surface area (Å²) < 4.78 is 33.2. The molecule has 0 bridgehead atoms. The summed E-state index contributed by atoms with van der Waals surface area (Å²) in [6, 6.07) is 0. The first-order valence-corrected chi connectivity index (χ1v) is 7.26. The van der Waals surface area contributed by atoms with E-state index in [4.69, 9.17) is 9.57 Å². The van der Waals surface area contributed by atoms with E-state index >= 15 is 0 Å². The number of ether oxygens (including phenoxy) is 2. The molecule has 0 radical (unpaired) electrons. The third-order valence-electron chi connectivity index (χ3n) is 2.92. The van der Waals surface area contributed by atoms with E-state index in [9.17, 15) is 13.2 Å². The fourth-order valence-corrected chi connectivity index (χ4v) is 3.56. The van der Waals surface area contributed by atoms with Crippen molar-refractivity contribution in [2.75, 3.05) is 27.4 Å². The molecule has 0 aromatic carbocycles. The standard InChI is InChI=1S/C10H19NO6S/c1-15-6-7-17-11-18(13,14)9-5-3-4-8(9)10(12)16-2/h8-9,11H,3-7H2,1-2H3. The predicted octanol–water partition coefficient (Wildman–Crippen LogP) is -0.174. The van der Waals surface area contributed by atoms with Crippen molar-refractivity contribution < 1.29 is 27.5 Å². The van der Waals surface area contributed by atoms with Crippen LogP contribution in [0.15, 0.2) is 0 Å². The maximum absolute atomic E-state index is 11.9. The van der Waals surface area contributed by atoms with Crippen molar-refractivity contribution in [1.82, 2.24) is 4.89 Å². The van der Waals surface area contributed by atoms with E-state index in [1.807, 2.05) is 4.89 Å². The lowest BCUT2D eigenvalue weighted by Gasteiger charge is -2.18. The Labute approximate surface area is 107 Å². The third kappa shape index (κ3) is 3.91. The first kappa shape index (κ1) is 15.4. The Balaban J connectivity index is 2.57. The van der Waals surface area contributed by atoms with Crippen molar-refractivity contribution in [3.05, 3.63) is 0 Å². The summed E-state index contributed by atoms with van der Waals surface area (Å²) in [5.74, 6) is -1.10. The first-order valence-electron chi connectivity index (χ1n) is 5.72. The summed E-state index contributed by atoms with van der Waals surface area (Å²) in [6.45, 7) is 0.402. The number of nitrogens with one attached hydrogen (secondary N) is 1. The van der Waals surface area contributed by atoms with E-state index in [0.717, 1.165) is 0 Å². The summed E-state index contributed by atoms with van der Waals surface area (Å²) in [6.07, 6.45) is 1.64. The van der Waals surface area contributed by atoms with Gasteiger partial charge >= 0.3 is 5.97 Å². The van der Waals surface area contributed by atoms with Crippen molar-refractivity contribution in [1.29, 1.82) is 0 Å². The Morgan fingerprint density at radius 3 is 2.61 bits per heavy atom. The zero-order chi connectivity index (χ0) is 13.6. The van der Waals surface area contributed by atoms with Crippen molar-refractivity contribution in [2.24, 2.45) is 5.92 Å². The van der Waals surface area contributed by atoms with E-state index < -0.39 is 27.2 Å². The fourth-order valence-electron chi connectivity index (χ4n) is 2.03. The highest BCUT2D eigenvalue weighted by molar-refractivity contribution is 7.90. The number of carbonyl (C=O) groups excluding carboxylic acids is 1. The zero-order valence-corrected chi connectivity index (χ0v) is 11.4. The van der Waals surface area contributed by atoms with Gasteiger partial charge in [-0.2, -0.15) is 0 Å². The number of hydrogen-bond acceptors (Lipinski definition) is 6. The third-order valence-corrected chi connectivity index (χ3v) is 4.63. The quantitative estimate of drug-likeness (QED) is 0.395. The van der Waals surface area contributed by atoms with Crippen molar-refractivity contribution in [3.8, 4) is 0 Å². The van der Waals surface area contributed by atoms with Crippen LogP contribution in [0.4, 0.5) is 0 Å². The van der Waals surface area contributed by atoms with Gasteiger partial charge in [0.25, 0.3) is 0 Å². The van der Waals surface area contributed by atoms with Gasteiger partial charge in [-0.05, 0) is 12.8 Å². The van der Waals surface area contributed by atoms with Crippen LogP contribution in [-0.4, -0.2) is 47.1 Å². The number of methoxy groups -OCH3 is 2. The molecule has 0 saturated heterocycles. The predicted molar refractivity (Wildman–Crippen MR) is 63.0 cm³/mol. The molecule has 106 valence electrons. The molecule has 1 fully saturated rings. The topological polar surface area (TPSA) is 90.9 Å². The maximum Gasteiger partial charge on any atom is 0.310 e. The van der Waals surface area contributed by atoms with Gasteiger partial charge in [-0.1, -0.05) is 11.3 Å².